The second kappa shape index (κ2) is 9.44. The predicted molar refractivity (Wildman–Crippen MR) is 103 cm³/mol. The molecule has 4 nitrogen and oxygen atoms in total. The van der Waals surface area contributed by atoms with Gasteiger partial charge in [-0.3, -0.25) is 9.59 Å². The van der Waals surface area contributed by atoms with Gasteiger partial charge in [0, 0.05) is 32.1 Å². The molecule has 6 heteroatoms. The zero-order valence-electron chi connectivity index (χ0n) is 15.7. The summed E-state index contributed by atoms with van der Waals surface area (Å²) in [6, 6.07) is 13.1. The van der Waals surface area contributed by atoms with E-state index in [-0.39, 0.29) is 24.4 Å². The number of hydrogen-bond donors (Lipinski definition) is 1. The van der Waals surface area contributed by atoms with E-state index in [1.54, 1.807) is 0 Å². The van der Waals surface area contributed by atoms with E-state index in [1.807, 2.05) is 23.1 Å². The van der Waals surface area contributed by atoms with Crippen LogP contribution in [0.2, 0.25) is 0 Å². The Morgan fingerprint density at radius 2 is 1.75 bits per heavy atom. The zero-order chi connectivity index (χ0) is 19.9. The second-order valence-corrected chi connectivity index (χ2v) is 7.14. The van der Waals surface area contributed by atoms with Crippen LogP contribution in [0.5, 0.6) is 0 Å². The number of halogens is 2. The summed E-state index contributed by atoms with van der Waals surface area (Å²) in [5, 5.41) is 2.52. The van der Waals surface area contributed by atoms with E-state index >= 15 is 0 Å². The Hall–Kier alpha value is -2.76. The zero-order valence-corrected chi connectivity index (χ0v) is 15.7. The molecule has 28 heavy (non-hydrogen) atoms. The average molecular weight is 386 g/mol. The van der Waals surface area contributed by atoms with Crippen molar-refractivity contribution in [1.29, 1.82) is 0 Å². The number of nitrogens with one attached hydrogen (secondary N) is 1. The summed E-state index contributed by atoms with van der Waals surface area (Å²) in [5.41, 5.74) is 1.10. The number of carbonyl (C=O) groups is 2. The summed E-state index contributed by atoms with van der Waals surface area (Å²) in [4.78, 5) is 26.1. The lowest BCUT2D eigenvalue weighted by Gasteiger charge is -2.32. The topological polar surface area (TPSA) is 49.4 Å². The molecule has 0 atom stereocenters. The molecule has 1 fully saturated rings. The Labute approximate surface area is 163 Å². The van der Waals surface area contributed by atoms with Gasteiger partial charge >= 0.3 is 0 Å². The second-order valence-electron chi connectivity index (χ2n) is 7.14. The third-order valence-electron chi connectivity index (χ3n) is 5.13. The van der Waals surface area contributed by atoms with Crippen LogP contribution in [0, 0.1) is 17.6 Å². The molecule has 148 valence electrons. The van der Waals surface area contributed by atoms with Crippen LogP contribution >= 0.6 is 0 Å². The maximum absolute atomic E-state index is 13.6. The summed E-state index contributed by atoms with van der Waals surface area (Å²) in [5.74, 6) is -1.73. The summed E-state index contributed by atoms with van der Waals surface area (Å²) in [6.45, 7) is 1.56. The Bertz CT molecular complexity index is 819. The highest BCUT2D eigenvalue weighted by Crippen LogP contribution is 2.22. The fourth-order valence-electron chi connectivity index (χ4n) is 3.54. The van der Waals surface area contributed by atoms with E-state index in [1.165, 1.54) is 5.56 Å². The normalized spacial score (nSPS) is 14.7. The van der Waals surface area contributed by atoms with Gasteiger partial charge in [-0.05, 0) is 42.9 Å². The molecule has 2 aromatic rings. The van der Waals surface area contributed by atoms with Crippen LogP contribution in [0.3, 0.4) is 0 Å². The van der Waals surface area contributed by atoms with E-state index in [2.05, 4.69) is 17.4 Å². The maximum Gasteiger partial charge on any atom is 0.254 e. The van der Waals surface area contributed by atoms with Crippen molar-refractivity contribution in [2.45, 2.75) is 25.7 Å². The minimum atomic E-state index is -0.913. The van der Waals surface area contributed by atoms with Crippen LogP contribution < -0.4 is 5.32 Å². The molecule has 0 aromatic heterocycles. The van der Waals surface area contributed by atoms with Crippen LogP contribution in [0.4, 0.5) is 8.78 Å². The first-order valence-electron chi connectivity index (χ1n) is 9.58. The van der Waals surface area contributed by atoms with Gasteiger partial charge in [0.1, 0.15) is 11.6 Å². The van der Waals surface area contributed by atoms with Gasteiger partial charge < -0.3 is 10.2 Å². The van der Waals surface area contributed by atoms with Gasteiger partial charge in [-0.1, -0.05) is 30.3 Å². The molecule has 2 amide bonds. The Morgan fingerprint density at radius 3 is 2.43 bits per heavy atom. The first-order valence-corrected chi connectivity index (χ1v) is 9.58. The monoisotopic (exact) mass is 386 g/mol. The number of likely N-dealkylation sites (tertiary alicyclic amines) is 1. The molecular formula is C22H24F2N2O2. The van der Waals surface area contributed by atoms with Gasteiger partial charge in [-0.15, -0.1) is 0 Å². The van der Waals surface area contributed by atoms with Crippen molar-refractivity contribution in [3.05, 3.63) is 71.3 Å². The molecule has 0 spiro atoms. The van der Waals surface area contributed by atoms with Gasteiger partial charge in [-0.2, -0.15) is 0 Å². The number of carbonyl (C=O) groups excluding carboxylic acids is 2. The fourth-order valence-corrected chi connectivity index (χ4v) is 3.54. The van der Waals surface area contributed by atoms with Gasteiger partial charge in [0.15, 0.2) is 0 Å². The molecule has 1 heterocycles. The number of amides is 2. The van der Waals surface area contributed by atoms with Gasteiger partial charge in [0.05, 0.1) is 5.56 Å². The van der Waals surface area contributed by atoms with E-state index in [0.29, 0.717) is 12.0 Å². The lowest BCUT2D eigenvalue weighted by Crippen LogP contribution is -2.40. The summed E-state index contributed by atoms with van der Waals surface area (Å²) >= 11 is 0. The first kappa shape index (κ1) is 20.0. The molecule has 0 radical (unpaired) electrons. The van der Waals surface area contributed by atoms with Crippen LogP contribution in [-0.4, -0.2) is 36.3 Å². The highest BCUT2D eigenvalue weighted by Gasteiger charge is 2.23. The smallest absolute Gasteiger partial charge is 0.254 e. The lowest BCUT2D eigenvalue weighted by atomic mass is 9.90. The van der Waals surface area contributed by atoms with Gasteiger partial charge in [0.25, 0.3) is 5.91 Å². The van der Waals surface area contributed by atoms with Crippen LogP contribution in [0.1, 0.15) is 35.2 Å². The van der Waals surface area contributed by atoms with E-state index in [9.17, 15) is 18.4 Å². The highest BCUT2D eigenvalue weighted by molar-refractivity contribution is 5.94. The number of piperidine rings is 1. The number of benzene rings is 2. The van der Waals surface area contributed by atoms with E-state index in [0.717, 1.165) is 44.5 Å². The van der Waals surface area contributed by atoms with Gasteiger partial charge in [0.2, 0.25) is 5.91 Å². The average Bonchev–Trinajstić information content (AvgIpc) is 2.69. The lowest BCUT2D eigenvalue weighted by molar-refractivity contribution is -0.132. The molecule has 1 saturated heterocycles. The molecule has 0 aliphatic carbocycles. The highest BCUT2D eigenvalue weighted by atomic mass is 19.1. The maximum atomic E-state index is 13.6. The third kappa shape index (κ3) is 5.38. The minimum absolute atomic E-state index is 0.0157. The van der Waals surface area contributed by atoms with Crippen molar-refractivity contribution >= 4 is 11.8 Å². The number of hydrogen-bond acceptors (Lipinski definition) is 2. The quantitative estimate of drug-likeness (QED) is 0.825. The van der Waals surface area contributed by atoms with E-state index < -0.39 is 17.5 Å². The van der Waals surface area contributed by atoms with Crippen molar-refractivity contribution in [2.75, 3.05) is 19.6 Å². The standard InChI is InChI=1S/C22H24F2N2O2/c23-18-6-7-19(20(24)15-18)22(28)25-11-8-21(27)26-12-9-17(10-13-26)14-16-4-2-1-3-5-16/h1-7,15,17H,8-14H2,(H,25,28). The summed E-state index contributed by atoms with van der Waals surface area (Å²) in [6.07, 6.45) is 3.13. The van der Waals surface area contributed by atoms with Crippen LogP contribution in [0.15, 0.2) is 48.5 Å². The van der Waals surface area contributed by atoms with E-state index in [4.69, 9.17) is 0 Å². The van der Waals surface area contributed by atoms with Gasteiger partial charge in [-0.25, -0.2) is 8.78 Å². The van der Waals surface area contributed by atoms with Crippen LogP contribution in [0.25, 0.3) is 0 Å². The number of rotatable bonds is 6. The Morgan fingerprint density at radius 1 is 1.04 bits per heavy atom. The summed E-state index contributed by atoms with van der Waals surface area (Å²) < 4.78 is 26.5. The SMILES string of the molecule is O=C(NCCC(=O)N1CCC(Cc2ccccc2)CC1)c1ccc(F)cc1F. The van der Waals surface area contributed by atoms with Crippen molar-refractivity contribution in [3.8, 4) is 0 Å². The van der Waals surface area contributed by atoms with Crippen molar-refractivity contribution in [3.63, 3.8) is 0 Å². The first-order chi connectivity index (χ1) is 13.5. The molecule has 0 bridgehead atoms. The molecule has 0 unspecified atom stereocenters. The third-order valence-corrected chi connectivity index (χ3v) is 5.13. The largest absolute Gasteiger partial charge is 0.351 e. The molecule has 3 rings (SSSR count). The molecule has 1 N–H and O–H groups in total. The Balaban J connectivity index is 1.39. The minimum Gasteiger partial charge on any atom is -0.351 e. The van der Waals surface area contributed by atoms with Crippen LogP contribution in [-0.2, 0) is 11.2 Å². The molecule has 2 aromatic carbocycles. The number of nitrogens with zero attached hydrogens (tertiary/aromatic N) is 1. The Kier molecular flexibility index (Phi) is 6.74. The predicted octanol–water partition coefficient (Wildman–Crippen LogP) is 3.57. The molecular weight excluding hydrogens is 362 g/mol. The fraction of sp³-hybridized carbons (Fsp3) is 0.364. The molecule has 1 aliphatic rings. The molecule has 1 aliphatic heterocycles. The molecule has 0 saturated carbocycles. The summed E-state index contributed by atoms with van der Waals surface area (Å²) in [7, 11) is 0. The van der Waals surface area contributed by atoms with Crippen molar-refractivity contribution in [2.24, 2.45) is 5.92 Å². The van der Waals surface area contributed by atoms with Crippen molar-refractivity contribution < 1.29 is 18.4 Å². The van der Waals surface area contributed by atoms with Crippen molar-refractivity contribution in [1.82, 2.24) is 10.2 Å².